The van der Waals surface area contributed by atoms with Crippen molar-refractivity contribution in [2.75, 3.05) is 0 Å². The lowest BCUT2D eigenvalue weighted by Crippen LogP contribution is -2.72. The normalized spacial score (nSPS) is 19.3. The maximum absolute atomic E-state index is 12.7. The first kappa shape index (κ1) is 19.6. The van der Waals surface area contributed by atoms with Crippen molar-refractivity contribution in [2.24, 2.45) is 0 Å². The van der Waals surface area contributed by atoms with Crippen LogP contribution in [0.3, 0.4) is 0 Å². The Kier molecular flexibility index (Phi) is 5.15. The smallest absolute Gasteiger partial charge is 0.262 e. The fourth-order valence-electron chi connectivity index (χ4n) is 4.29. The van der Waals surface area contributed by atoms with Crippen LogP contribution in [0.4, 0.5) is 0 Å². The van der Waals surface area contributed by atoms with Crippen molar-refractivity contribution in [3.8, 4) is 0 Å². The van der Waals surface area contributed by atoms with Crippen LogP contribution >= 0.6 is 0 Å². The minimum atomic E-state index is -2.76. The molecule has 1 aliphatic heterocycles. The van der Waals surface area contributed by atoms with E-state index in [1.165, 1.54) is 10.4 Å². The summed E-state index contributed by atoms with van der Waals surface area (Å²) in [6.07, 6.45) is -0.497. The highest BCUT2D eigenvalue weighted by atomic mass is 28.4. The molecule has 2 atom stereocenters. The van der Waals surface area contributed by atoms with Crippen molar-refractivity contribution in [1.82, 2.24) is 5.32 Å². The summed E-state index contributed by atoms with van der Waals surface area (Å²) in [6.45, 7) is 6.69. The molecule has 0 spiro atoms. The quantitative estimate of drug-likeness (QED) is 0.522. The standard InChI is InChI=1S/C25H27NO2Si/c1-25(2,3)29(20-15-9-5-10-16-20,21-17-11-6-12-18-21)28-23-22(26-24(23)27)19-13-7-4-8-14-19/h4-18,22-23H,1-3H3,(H,26,27)/t22-,23+/m0/s1. The number of amides is 1. The maximum Gasteiger partial charge on any atom is 0.262 e. The minimum Gasteiger partial charge on any atom is -0.393 e. The molecule has 3 aromatic rings. The summed E-state index contributed by atoms with van der Waals surface area (Å²) in [5, 5.41) is 5.26. The number of nitrogens with one attached hydrogen (secondary N) is 1. The summed E-state index contributed by atoms with van der Waals surface area (Å²) < 4.78 is 7.02. The van der Waals surface area contributed by atoms with Crippen LogP contribution in [-0.2, 0) is 9.22 Å². The van der Waals surface area contributed by atoms with Gasteiger partial charge in [-0.2, -0.15) is 0 Å². The van der Waals surface area contributed by atoms with Crippen LogP contribution in [-0.4, -0.2) is 20.3 Å². The number of benzene rings is 3. The molecule has 148 valence electrons. The highest BCUT2D eigenvalue weighted by molar-refractivity contribution is 6.99. The van der Waals surface area contributed by atoms with Gasteiger partial charge in [-0.15, -0.1) is 0 Å². The van der Waals surface area contributed by atoms with E-state index in [1.807, 2.05) is 42.5 Å². The topological polar surface area (TPSA) is 38.3 Å². The number of carbonyl (C=O) groups is 1. The van der Waals surface area contributed by atoms with Gasteiger partial charge >= 0.3 is 0 Å². The number of hydrogen-bond acceptors (Lipinski definition) is 2. The van der Waals surface area contributed by atoms with Crippen LogP contribution in [0.5, 0.6) is 0 Å². The third kappa shape index (κ3) is 3.43. The van der Waals surface area contributed by atoms with E-state index in [4.69, 9.17) is 4.43 Å². The second kappa shape index (κ2) is 7.62. The van der Waals surface area contributed by atoms with Crippen molar-refractivity contribution >= 4 is 24.6 Å². The SMILES string of the molecule is CC(C)(C)[Si](O[C@H]1C(=O)N[C@H]1c1ccccc1)(c1ccccc1)c1ccccc1. The van der Waals surface area contributed by atoms with E-state index in [2.05, 4.69) is 74.6 Å². The molecule has 3 nitrogen and oxygen atoms in total. The van der Waals surface area contributed by atoms with Crippen molar-refractivity contribution in [3.63, 3.8) is 0 Å². The molecule has 1 N–H and O–H groups in total. The Bertz CT molecular complexity index is 928. The molecule has 29 heavy (non-hydrogen) atoms. The first-order chi connectivity index (χ1) is 13.9. The lowest BCUT2D eigenvalue weighted by molar-refractivity contribution is -0.141. The van der Waals surface area contributed by atoms with Gasteiger partial charge in [0.25, 0.3) is 14.2 Å². The Hall–Kier alpha value is -2.69. The molecule has 1 heterocycles. The summed E-state index contributed by atoms with van der Waals surface area (Å²) in [5.41, 5.74) is 1.08. The van der Waals surface area contributed by atoms with Gasteiger partial charge in [0.1, 0.15) is 6.10 Å². The first-order valence-corrected chi connectivity index (χ1v) is 12.0. The highest BCUT2D eigenvalue weighted by Crippen LogP contribution is 2.40. The first-order valence-electron chi connectivity index (χ1n) is 10.1. The lowest BCUT2D eigenvalue weighted by atomic mass is 9.94. The van der Waals surface area contributed by atoms with E-state index >= 15 is 0 Å². The molecule has 0 radical (unpaired) electrons. The van der Waals surface area contributed by atoms with Crippen LogP contribution in [0.2, 0.25) is 5.04 Å². The van der Waals surface area contributed by atoms with Crippen molar-refractivity contribution in [2.45, 2.75) is 38.0 Å². The van der Waals surface area contributed by atoms with E-state index in [-0.39, 0.29) is 17.0 Å². The monoisotopic (exact) mass is 401 g/mol. The zero-order valence-corrected chi connectivity index (χ0v) is 18.1. The Morgan fingerprint density at radius 2 is 1.21 bits per heavy atom. The second-order valence-electron chi connectivity index (χ2n) is 8.60. The fourth-order valence-corrected chi connectivity index (χ4v) is 8.93. The Morgan fingerprint density at radius 1 is 0.759 bits per heavy atom. The molecule has 3 aromatic carbocycles. The molecule has 0 aliphatic carbocycles. The van der Waals surface area contributed by atoms with Gasteiger partial charge in [-0.3, -0.25) is 4.79 Å². The van der Waals surface area contributed by atoms with Crippen molar-refractivity contribution < 1.29 is 9.22 Å². The van der Waals surface area contributed by atoms with Crippen LogP contribution < -0.4 is 15.7 Å². The van der Waals surface area contributed by atoms with Gasteiger partial charge < -0.3 is 9.74 Å². The Morgan fingerprint density at radius 3 is 1.62 bits per heavy atom. The zero-order chi connectivity index (χ0) is 20.5. The number of carbonyl (C=O) groups excluding carboxylic acids is 1. The van der Waals surface area contributed by atoms with Crippen LogP contribution in [0.15, 0.2) is 91.0 Å². The van der Waals surface area contributed by atoms with Crippen molar-refractivity contribution in [1.29, 1.82) is 0 Å². The lowest BCUT2D eigenvalue weighted by Gasteiger charge is -2.49. The molecule has 0 saturated carbocycles. The Labute approximate surface area is 173 Å². The summed E-state index contributed by atoms with van der Waals surface area (Å²) in [6, 6.07) is 30.9. The van der Waals surface area contributed by atoms with E-state index in [9.17, 15) is 4.79 Å². The average Bonchev–Trinajstić information content (AvgIpc) is 2.73. The summed E-state index contributed by atoms with van der Waals surface area (Å²) >= 11 is 0. The molecule has 0 bridgehead atoms. The van der Waals surface area contributed by atoms with E-state index in [0.717, 1.165) is 5.56 Å². The van der Waals surface area contributed by atoms with E-state index in [1.54, 1.807) is 0 Å². The molecule has 0 unspecified atom stereocenters. The highest BCUT2D eigenvalue weighted by Gasteiger charge is 2.55. The molecule has 1 fully saturated rings. The van der Waals surface area contributed by atoms with Gasteiger partial charge in [0.15, 0.2) is 0 Å². The molecule has 0 aromatic heterocycles. The zero-order valence-electron chi connectivity index (χ0n) is 17.1. The third-order valence-corrected chi connectivity index (χ3v) is 10.8. The molecule has 1 aliphatic rings. The second-order valence-corrected chi connectivity index (χ2v) is 12.9. The molecule has 4 rings (SSSR count). The van der Waals surface area contributed by atoms with Gasteiger partial charge in [0, 0.05) is 0 Å². The van der Waals surface area contributed by atoms with E-state index < -0.39 is 14.4 Å². The number of rotatable bonds is 5. The van der Waals surface area contributed by atoms with E-state index in [0.29, 0.717) is 0 Å². The van der Waals surface area contributed by atoms with Crippen molar-refractivity contribution in [3.05, 3.63) is 96.6 Å². The average molecular weight is 402 g/mol. The molecular formula is C25H27NO2Si. The van der Waals surface area contributed by atoms with Gasteiger partial charge in [-0.05, 0) is 21.0 Å². The summed E-state index contributed by atoms with van der Waals surface area (Å²) in [5.74, 6) is -0.0353. The third-order valence-electron chi connectivity index (χ3n) is 5.74. The number of β-lactam (4-membered cyclic amide) rings is 1. The molecular weight excluding hydrogens is 374 g/mol. The van der Waals surface area contributed by atoms with Crippen LogP contribution in [0, 0.1) is 0 Å². The summed E-state index contributed by atoms with van der Waals surface area (Å²) in [7, 11) is -2.76. The van der Waals surface area contributed by atoms with Gasteiger partial charge in [0.2, 0.25) is 0 Å². The number of hydrogen-bond donors (Lipinski definition) is 1. The predicted octanol–water partition coefficient (Wildman–Crippen LogP) is 3.80. The predicted molar refractivity (Wildman–Crippen MR) is 120 cm³/mol. The maximum atomic E-state index is 12.7. The molecule has 1 amide bonds. The largest absolute Gasteiger partial charge is 0.393 e. The van der Waals surface area contributed by atoms with Crippen LogP contribution in [0.1, 0.15) is 32.4 Å². The van der Waals surface area contributed by atoms with Crippen LogP contribution in [0.25, 0.3) is 0 Å². The van der Waals surface area contributed by atoms with Gasteiger partial charge in [-0.1, -0.05) is 112 Å². The minimum absolute atomic E-state index is 0.0353. The van der Waals surface area contributed by atoms with Gasteiger partial charge in [0.05, 0.1) is 6.04 Å². The fraction of sp³-hybridized carbons (Fsp3) is 0.240. The summed E-state index contributed by atoms with van der Waals surface area (Å²) in [4.78, 5) is 12.7. The molecule has 1 saturated heterocycles. The molecule has 4 heteroatoms. The van der Waals surface area contributed by atoms with Gasteiger partial charge in [-0.25, -0.2) is 0 Å². The Balaban J connectivity index is 1.84.